The van der Waals surface area contributed by atoms with Crippen LogP contribution in [0.2, 0.25) is 0 Å². The van der Waals surface area contributed by atoms with Gasteiger partial charge in [0.1, 0.15) is 0 Å². The zero-order valence-electron chi connectivity index (χ0n) is 8.47. The van der Waals surface area contributed by atoms with Crippen LogP contribution in [0.25, 0.3) is 0 Å². The molecule has 0 radical (unpaired) electrons. The molecule has 2 nitrogen and oxygen atoms in total. The van der Waals surface area contributed by atoms with Crippen molar-refractivity contribution in [1.29, 1.82) is 0 Å². The summed E-state index contributed by atoms with van der Waals surface area (Å²) >= 11 is 0. The fourth-order valence-electron chi connectivity index (χ4n) is 1.99. The molecule has 1 rings (SSSR count). The maximum Gasteiger partial charge on any atom is 0.401 e. The molecule has 0 amide bonds. The smallest absolute Gasteiger partial charge is 0.383 e. The molecule has 1 fully saturated rings. The molecule has 1 aliphatic heterocycles. The van der Waals surface area contributed by atoms with Crippen molar-refractivity contribution in [3.63, 3.8) is 0 Å². The Kier molecular flexibility index (Phi) is 3.78. The Labute approximate surface area is 82.0 Å². The van der Waals surface area contributed by atoms with Crippen molar-refractivity contribution in [2.24, 2.45) is 0 Å². The van der Waals surface area contributed by atoms with Gasteiger partial charge in [-0.3, -0.25) is 4.90 Å². The highest BCUT2D eigenvalue weighted by atomic mass is 19.4. The lowest BCUT2D eigenvalue weighted by Gasteiger charge is -2.28. The zero-order chi connectivity index (χ0) is 10.8. The third kappa shape index (κ3) is 3.13. The molecule has 0 aromatic rings. The highest BCUT2D eigenvalue weighted by Gasteiger charge is 2.39. The normalized spacial score (nSPS) is 29.8. The zero-order valence-corrected chi connectivity index (χ0v) is 8.47. The molecular formula is C9H16F3NO. The molecular weight excluding hydrogens is 195 g/mol. The van der Waals surface area contributed by atoms with Crippen LogP contribution in [0.4, 0.5) is 13.2 Å². The summed E-state index contributed by atoms with van der Waals surface area (Å²) in [6, 6.07) is -0.0617. The summed E-state index contributed by atoms with van der Waals surface area (Å²) < 4.78 is 41.5. The molecule has 1 aliphatic rings. The number of hydrogen-bond donors (Lipinski definition) is 0. The first-order valence-electron chi connectivity index (χ1n) is 4.75. The first kappa shape index (κ1) is 11.8. The van der Waals surface area contributed by atoms with Crippen LogP contribution in [-0.2, 0) is 4.74 Å². The van der Waals surface area contributed by atoms with Crippen LogP contribution < -0.4 is 0 Å². The van der Waals surface area contributed by atoms with E-state index in [1.807, 2.05) is 6.92 Å². The first-order valence-corrected chi connectivity index (χ1v) is 4.75. The van der Waals surface area contributed by atoms with Gasteiger partial charge in [-0.15, -0.1) is 0 Å². The van der Waals surface area contributed by atoms with Gasteiger partial charge in [0.2, 0.25) is 0 Å². The van der Waals surface area contributed by atoms with E-state index in [-0.39, 0.29) is 12.1 Å². The van der Waals surface area contributed by atoms with Crippen molar-refractivity contribution >= 4 is 0 Å². The SMILES string of the molecule is COCC1CCC(C)N1CC(F)(F)F. The van der Waals surface area contributed by atoms with Crippen molar-refractivity contribution in [2.45, 2.75) is 38.0 Å². The maximum atomic E-state index is 12.2. The molecule has 84 valence electrons. The molecule has 0 saturated carbocycles. The van der Waals surface area contributed by atoms with Crippen LogP contribution >= 0.6 is 0 Å². The monoisotopic (exact) mass is 211 g/mol. The summed E-state index contributed by atoms with van der Waals surface area (Å²) in [6.07, 6.45) is -2.49. The average molecular weight is 211 g/mol. The van der Waals surface area contributed by atoms with Crippen LogP contribution in [0.1, 0.15) is 19.8 Å². The molecule has 14 heavy (non-hydrogen) atoms. The Hall–Kier alpha value is -0.290. The second-order valence-electron chi connectivity index (χ2n) is 3.82. The number of ether oxygens (including phenoxy) is 1. The molecule has 0 aliphatic carbocycles. The fraction of sp³-hybridized carbons (Fsp3) is 1.00. The van der Waals surface area contributed by atoms with Crippen LogP contribution in [0.5, 0.6) is 0 Å². The lowest BCUT2D eigenvalue weighted by Crippen LogP contribution is -2.43. The number of hydrogen-bond acceptors (Lipinski definition) is 2. The highest BCUT2D eigenvalue weighted by Crippen LogP contribution is 2.28. The molecule has 0 bridgehead atoms. The fourth-order valence-corrected chi connectivity index (χ4v) is 1.99. The van der Waals surface area contributed by atoms with E-state index in [1.54, 1.807) is 0 Å². The van der Waals surface area contributed by atoms with Gasteiger partial charge >= 0.3 is 6.18 Å². The lowest BCUT2D eigenvalue weighted by molar-refractivity contribution is -0.153. The predicted octanol–water partition coefficient (Wildman–Crippen LogP) is 2.05. The first-order chi connectivity index (χ1) is 6.44. The number of halogens is 3. The van der Waals surface area contributed by atoms with Crippen LogP contribution in [0, 0.1) is 0 Å². The Morgan fingerprint density at radius 3 is 2.50 bits per heavy atom. The molecule has 0 aromatic heterocycles. The summed E-state index contributed by atoms with van der Waals surface area (Å²) in [5.41, 5.74) is 0. The van der Waals surface area contributed by atoms with Crippen molar-refractivity contribution < 1.29 is 17.9 Å². The molecule has 0 aromatic carbocycles. The quantitative estimate of drug-likeness (QED) is 0.708. The molecule has 1 heterocycles. The minimum absolute atomic E-state index is 0.0109. The third-order valence-electron chi connectivity index (χ3n) is 2.67. The number of methoxy groups -OCH3 is 1. The molecule has 0 spiro atoms. The van der Waals surface area contributed by atoms with E-state index >= 15 is 0 Å². The topological polar surface area (TPSA) is 12.5 Å². The van der Waals surface area contributed by atoms with E-state index in [2.05, 4.69) is 0 Å². The lowest BCUT2D eigenvalue weighted by atomic mass is 10.2. The van der Waals surface area contributed by atoms with Gasteiger partial charge in [0, 0.05) is 19.2 Å². The highest BCUT2D eigenvalue weighted by molar-refractivity contribution is 4.86. The van der Waals surface area contributed by atoms with Crippen LogP contribution in [-0.4, -0.2) is 43.4 Å². The summed E-state index contributed by atoms with van der Waals surface area (Å²) in [7, 11) is 1.52. The third-order valence-corrected chi connectivity index (χ3v) is 2.67. The number of nitrogens with zero attached hydrogens (tertiary/aromatic N) is 1. The number of rotatable bonds is 3. The summed E-state index contributed by atoms with van der Waals surface area (Å²) in [5.74, 6) is 0. The van der Waals surface area contributed by atoms with E-state index in [0.29, 0.717) is 6.61 Å². The molecule has 2 unspecified atom stereocenters. The van der Waals surface area contributed by atoms with Gasteiger partial charge in [-0.05, 0) is 19.8 Å². The Morgan fingerprint density at radius 1 is 1.36 bits per heavy atom. The van der Waals surface area contributed by atoms with E-state index in [4.69, 9.17) is 4.74 Å². The van der Waals surface area contributed by atoms with Gasteiger partial charge in [-0.25, -0.2) is 0 Å². The molecule has 2 atom stereocenters. The van der Waals surface area contributed by atoms with Gasteiger partial charge in [0.25, 0.3) is 0 Å². The van der Waals surface area contributed by atoms with Gasteiger partial charge in [0.15, 0.2) is 0 Å². The van der Waals surface area contributed by atoms with Gasteiger partial charge < -0.3 is 4.74 Å². The Balaban J connectivity index is 2.53. The average Bonchev–Trinajstić information content (AvgIpc) is 2.34. The van der Waals surface area contributed by atoms with Crippen molar-refractivity contribution in [3.05, 3.63) is 0 Å². The van der Waals surface area contributed by atoms with E-state index in [0.717, 1.165) is 12.8 Å². The van der Waals surface area contributed by atoms with Crippen molar-refractivity contribution in [2.75, 3.05) is 20.3 Å². The number of likely N-dealkylation sites (tertiary alicyclic amines) is 1. The van der Waals surface area contributed by atoms with E-state index < -0.39 is 12.7 Å². The van der Waals surface area contributed by atoms with Crippen molar-refractivity contribution in [1.82, 2.24) is 4.90 Å². The second-order valence-corrected chi connectivity index (χ2v) is 3.82. The minimum Gasteiger partial charge on any atom is -0.383 e. The molecule has 0 N–H and O–H groups in total. The standard InChI is InChI=1S/C9H16F3NO/c1-7-3-4-8(5-14-2)13(7)6-9(10,11)12/h7-8H,3-6H2,1-2H3. The molecule has 5 heteroatoms. The molecule has 1 saturated heterocycles. The van der Waals surface area contributed by atoms with Gasteiger partial charge in [-0.2, -0.15) is 13.2 Å². The van der Waals surface area contributed by atoms with Crippen LogP contribution in [0.3, 0.4) is 0 Å². The Bertz CT molecular complexity index is 181. The van der Waals surface area contributed by atoms with Crippen LogP contribution in [0.15, 0.2) is 0 Å². The largest absolute Gasteiger partial charge is 0.401 e. The second kappa shape index (κ2) is 4.49. The van der Waals surface area contributed by atoms with E-state index in [1.165, 1.54) is 12.0 Å². The Morgan fingerprint density at radius 2 is 2.00 bits per heavy atom. The minimum atomic E-state index is -4.11. The van der Waals surface area contributed by atoms with Gasteiger partial charge in [-0.1, -0.05) is 0 Å². The van der Waals surface area contributed by atoms with Gasteiger partial charge in [0.05, 0.1) is 13.2 Å². The maximum absolute atomic E-state index is 12.2. The summed E-state index contributed by atoms with van der Waals surface area (Å²) in [5, 5.41) is 0. The summed E-state index contributed by atoms with van der Waals surface area (Å²) in [6.45, 7) is 1.41. The number of alkyl halides is 3. The predicted molar refractivity (Wildman–Crippen MR) is 47.1 cm³/mol. The summed E-state index contributed by atoms with van der Waals surface area (Å²) in [4.78, 5) is 1.49. The van der Waals surface area contributed by atoms with E-state index in [9.17, 15) is 13.2 Å². The van der Waals surface area contributed by atoms with Crippen molar-refractivity contribution in [3.8, 4) is 0 Å².